The maximum Gasteiger partial charge on any atom is 0.251 e. The molecule has 0 aliphatic carbocycles. The highest BCUT2D eigenvalue weighted by molar-refractivity contribution is 14.0. The standard InChI is InChI=1S/C21H29N5O3S.HI/c1-16-7-9-19(10-8-16)30(28,29)26-14-13-25-21(23-3)24-12-11-17-5-4-6-18(15-17)20(27)22-2;/h4-10,15,26H,11-14H2,1-3H3,(H,22,27)(H2,23,24,25);1H. The summed E-state index contributed by atoms with van der Waals surface area (Å²) in [6, 6.07) is 14.2. The molecule has 0 unspecified atom stereocenters. The minimum atomic E-state index is -3.53. The molecule has 0 radical (unpaired) electrons. The van der Waals surface area contributed by atoms with Crippen LogP contribution in [0, 0.1) is 6.92 Å². The number of guanidine groups is 1. The van der Waals surface area contributed by atoms with Gasteiger partial charge in [-0.25, -0.2) is 13.1 Å². The Kier molecular flexibility index (Phi) is 11.5. The lowest BCUT2D eigenvalue weighted by molar-refractivity contribution is 0.0963. The number of rotatable bonds is 9. The van der Waals surface area contributed by atoms with Gasteiger partial charge in [0, 0.05) is 39.3 Å². The van der Waals surface area contributed by atoms with E-state index in [1.807, 2.05) is 25.1 Å². The average Bonchev–Trinajstić information content (AvgIpc) is 2.75. The highest BCUT2D eigenvalue weighted by atomic mass is 127. The van der Waals surface area contributed by atoms with E-state index in [-0.39, 0.29) is 41.3 Å². The summed E-state index contributed by atoms with van der Waals surface area (Å²) in [7, 11) is -0.276. The van der Waals surface area contributed by atoms with E-state index < -0.39 is 10.0 Å². The molecular formula is C21H30IN5O3S. The van der Waals surface area contributed by atoms with E-state index in [1.54, 1.807) is 44.4 Å². The summed E-state index contributed by atoms with van der Waals surface area (Å²) in [6.07, 6.45) is 0.714. The van der Waals surface area contributed by atoms with Gasteiger partial charge in [-0.1, -0.05) is 29.8 Å². The predicted molar refractivity (Wildman–Crippen MR) is 135 cm³/mol. The number of hydrogen-bond acceptors (Lipinski definition) is 4. The number of carbonyl (C=O) groups is 1. The molecule has 1 amide bonds. The molecule has 0 spiro atoms. The van der Waals surface area contributed by atoms with Gasteiger partial charge in [0.05, 0.1) is 4.90 Å². The lowest BCUT2D eigenvalue weighted by Crippen LogP contribution is -2.42. The van der Waals surface area contributed by atoms with Crippen LogP contribution in [0.1, 0.15) is 21.5 Å². The predicted octanol–water partition coefficient (Wildman–Crippen LogP) is 1.66. The van der Waals surface area contributed by atoms with Crippen molar-refractivity contribution in [2.24, 2.45) is 4.99 Å². The molecule has 0 saturated carbocycles. The molecule has 31 heavy (non-hydrogen) atoms. The van der Waals surface area contributed by atoms with Gasteiger partial charge in [-0.15, -0.1) is 24.0 Å². The van der Waals surface area contributed by atoms with Gasteiger partial charge >= 0.3 is 0 Å². The number of nitrogens with one attached hydrogen (secondary N) is 4. The second-order valence-corrected chi connectivity index (χ2v) is 8.43. The van der Waals surface area contributed by atoms with E-state index in [0.29, 0.717) is 31.0 Å². The molecule has 0 heterocycles. The Morgan fingerprint density at radius 2 is 1.68 bits per heavy atom. The third kappa shape index (κ3) is 8.83. The second kappa shape index (κ2) is 13.3. The maximum atomic E-state index is 12.3. The molecule has 0 fully saturated rings. The number of amides is 1. The van der Waals surface area contributed by atoms with Gasteiger partial charge in [0.2, 0.25) is 10.0 Å². The first-order valence-corrected chi connectivity index (χ1v) is 11.2. The minimum Gasteiger partial charge on any atom is -0.356 e. The Morgan fingerprint density at radius 1 is 1.00 bits per heavy atom. The molecule has 0 bridgehead atoms. The van der Waals surface area contributed by atoms with Crippen LogP contribution in [0.4, 0.5) is 0 Å². The SMILES string of the molecule is CN=C(NCCNS(=O)(=O)c1ccc(C)cc1)NCCc1cccc(C(=O)NC)c1.I. The highest BCUT2D eigenvalue weighted by Gasteiger charge is 2.12. The second-order valence-electron chi connectivity index (χ2n) is 6.67. The van der Waals surface area contributed by atoms with Gasteiger partial charge in [-0.05, 0) is 43.2 Å². The Bertz CT molecular complexity index is 979. The van der Waals surface area contributed by atoms with Gasteiger partial charge < -0.3 is 16.0 Å². The van der Waals surface area contributed by atoms with E-state index in [1.165, 1.54) is 0 Å². The first-order chi connectivity index (χ1) is 14.4. The molecule has 2 aromatic carbocycles. The van der Waals surface area contributed by atoms with Crippen molar-refractivity contribution in [2.75, 3.05) is 33.7 Å². The van der Waals surface area contributed by atoms with Crippen molar-refractivity contribution < 1.29 is 13.2 Å². The Hall–Kier alpha value is -2.18. The molecule has 2 aromatic rings. The fourth-order valence-electron chi connectivity index (χ4n) is 2.73. The van der Waals surface area contributed by atoms with E-state index in [0.717, 1.165) is 11.1 Å². The van der Waals surface area contributed by atoms with Crippen LogP contribution in [-0.2, 0) is 16.4 Å². The molecular weight excluding hydrogens is 529 g/mol. The molecule has 0 atom stereocenters. The van der Waals surface area contributed by atoms with E-state index in [2.05, 4.69) is 25.7 Å². The third-order valence-electron chi connectivity index (χ3n) is 4.39. The fourth-order valence-corrected chi connectivity index (χ4v) is 3.76. The summed E-state index contributed by atoms with van der Waals surface area (Å²) in [5.74, 6) is 0.461. The molecule has 0 aliphatic rings. The lowest BCUT2D eigenvalue weighted by Gasteiger charge is -2.13. The van der Waals surface area contributed by atoms with Gasteiger partial charge in [-0.3, -0.25) is 9.79 Å². The summed E-state index contributed by atoms with van der Waals surface area (Å²) in [5, 5.41) is 8.86. The summed E-state index contributed by atoms with van der Waals surface area (Å²) < 4.78 is 27.1. The van der Waals surface area contributed by atoms with Crippen LogP contribution in [0.15, 0.2) is 58.4 Å². The Morgan fingerprint density at radius 3 is 2.32 bits per heavy atom. The summed E-state index contributed by atoms with van der Waals surface area (Å²) in [6.45, 7) is 3.14. The largest absolute Gasteiger partial charge is 0.356 e. The molecule has 0 aliphatic heterocycles. The molecule has 170 valence electrons. The molecule has 10 heteroatoms. The van der Waals surface area contributed by atoms with Crippen molar-refractivity contribution in [1.82, 2.24) is 20.7 Å². The number of nitrogens with zero attached hydrogens (tertiary/aromatic N) is 1. The van der Waals surface area contributed by atoms with Crippen molar-refractivity contribution in [3.8, 4) is 0 Å². The first kappa shape index (κ1) is 26.9. The van der Waals surface area contributed by atoms with Crippen LogP contribution in [0.25, 0.3) is 0 Å². The van der Waals surface area contributed by atoms with E-state index in [4.69, 9.17) is 0 Å². The number of sulfonamides is 1. The third-order valence-corrected chi connectivity index (χ3v) is 5.86. The minimum absolute atomic E-state index is 0. The van der Waals surface area contributed by atoms with E-state index in [9.17, 15) is 13.2 Å². The van der Waals surface area contributed by atoms with Gasteiger partial charge in [0.15, 0.2) is 5.96 Å². The van der Waals surface area contributed by atoms with Gasteiger partial charge in [0.25, 0.3) is 5.91 Å². The van der Waals surface area contributed by atoms with E-state index >= 15 is 0 Å². The lowest BCUT2D eigenvalue weighted by atomic mass is 10.1. The molecule has 0 saturated heterocycles. The van der Waals surface area contributed by atoms with Crippen LogP contribution in [0.3, 0.4) is 0 Å². The quantitative estimate of drug-likeness (QED) is 0.162. The molecule has 0 aromatic heterocycles. The summed E-state index contributed by atoms with van der Waals surface area (Å²) in [5.41, 5.74) is 2.66. The molecule has 2 rings (SSSR count). The zero-order valence-corrected chi connectivity index (χ0v) is 21.1. The first-order valence-electron chi connectivity index (χ1n) is 9.67. The summed E-state index contributed by atoms with van der Waals surface area (Å²) in [4.78, 5) is 16.1. The number of benzene rings is 2. The van der Waals surface area contributed by atoms with Crippen molar-refractivity contribution in [1.29, 1.82) is 0 Å². The zero-order valence-electron chi connectivity index (χ0n) is 17.9. The van der Waals surface area contributed by atoms with Crippen molar-refractivity contribution in [3.63, 3.8) is 0 Å². The smallest absolute Gasteiger partial charge is 0.251 e. The normalized spacial score (nSPS) is 11.4. The number of halogens is 1. The molecule has 4 N–H and O–H groups in total. The van der Waals surface area contributed by atoms with Crippen LogP contribution in [-0.4, -0.2) is 54.0 Å². The summed E-state index contributed by atoms with van der Waals surface area (Å²) >= 11 is 0. The fraction of sp³-hybridized carbons (Fsp3) is 0.333. The van der Waals surface area contributed by atoms with Crippen LogP contribution < -0.4 is 20.7 Å². The maximum absolute atomic E-state index is 12.3. The number of aliphatic imine (C=N–C) groups is 1. The van der Waals surface area contributed by atoms with Crippen molar-refractivity contribution >= 4 is 45.9 Å². The zero-order chi connectivity index (χ0) is 22.0. The molecule has 8 nitrogen and oxygen atoms in total. The Balaban J connectivity index is 0.00000480. The van der Waals surface area contributed by atoms with Crippen LogP contribution in [0.2, 0.25) is 0 Å². The number of hydrogen-bond donors (Lipinski definition) is 4. The number of carbonyl (C=O) groups excluding carboxylic acids is 1. The van der Waals surface area contributed by atoms with Crippen LogP contribution in [0.5, 0.6) is 0 Å². The van der Waals surface area contributed by atoms with Crippen molar-refractivity contribution in [3.05, 3.63) is 65.2 Å². The van der Waals surface area contributed by atoms with Gasteiger partial charge in [0.1, 0.15) is 0 Å². The highest BCUT2D eigenvalue weighted by Crippen LogP contribution is 2.09. The van der Waals surface area contributed by atoms with Crippen LogP contribution >= 0.6 is 24.0 Å². The Labute approximate surface area is 201 Å². The monoisotopic (exact) mass is 559 g/mol. The topological polar surface area (TPSA) is 112 Å². The van der Waals surface area contributed by atoms with Gasteiger partial charge in [-0.2, -0.15) is 0 Å². The van der Waals surface area contributed by atoms with Crippen molar-refractivity contribution in [2.45, 2.75) is 18.2 Å². The number of aryl methyl sites for hydroxylation is 1. The average molecular weight is 559 g/mol.